The van der Waals surface area contributed by atoms with Crippen LogP contribution in [0.5, 0.6) is 0 Å². The van der Waals surface area contributed by atoms with Crippen molar-refractivity contribution in [2.75, 3.05) is 48.1 Å². The average molecular weight is 521 g/mol. The summed E-state index contributed by atoms with van der Waals surface area (Å²) in [5.74, 6) is -0.456. The van der Waals surface area contributed by atoms with Crippen LogP contribution >= 0.6 is 7.60 Å². The van der Waals surface area contributed by atoms with E-state index in [1.165, 1.54) is 83.5 Å². The predicted molar refractivity (Wildman–Crippen MR) is 149 cm³/mol. The van der Waals surface area contributed by atoms with Crippen LogP contribution in [-0.2, 0) is 18.6 Å². The quantitative estimate of drug-likeness (QED) is 0.0578. The minimum atomic E-state index is -3.74. The zero-order valence-corrected chi connectivity index (χ0v) is 24.9. The number of rotatable bonds is 25. The highest BCUT2D eigenvalue weighted by Crippen LogP contribution is 2.51. The fourth-order valence-electron chi connectivity index (χ4n) is 4.34. The molecule has 0 saturated heterocycles. The molecule has 2 unspecified atom stereocenters. The highest BCUT2D eigenvalue weighted by Gasteiger charge is 2.41. The highest BCUT2D eigenvalue weighted by atomic mass is 31.2. The van der Waals surface area contributed by atoms with E-state index in [0.29, 0.717) is 24.1 Å². The smallest absolute Gasteiger partial charge is 0.379 e. The molecular formula is C28H59NO5P+. The van der Waals surface area contributed by atoms with Crippen LogP contribution in [0, 0.1) is 0 Å². The van der Waals surface area contributed by atoms with Gasteiger partial charge in [-0.25, -0.2) is 0 Å². The minimum absolute atomic E-state index is 0.0644. The van der Waals surface area contributed by atoms with Crippen LogP contribution in [0.1, 0.15) is 110 Å². The monoisotopic (exact) mass is 520 g/mol. The van der Waals surface area contributed by atoms with Crippen LogP contribution in [-0.4, -0.2) is 69.3 Å². The van der Waals surface area contributed by atoms with Crippen molar-refractivity contribution < 1.29 is 27.9 Å². The third-order valence-electron chi connectivity index (χ3n) is 6.52. The molecule has 7 heteroatoms. The lowest BCUT2D eigenvalue weighted by atomic mass is 10.1. The summed E-state index contributed by atoms with van der Waals surface area (Å²) in [5.41, 5.74) is 0. The molecule has 0 amide bonds. The van der Waals surface area contributed by atoms with Gasteiger partial charge in [0.15, 0.2) is 5.78 Å². The van der Waals surface area contributed by atoms with E-state index in [9.17, 15) is 9.46 Å². The molecule has 0 aromatic rings. The normalized spacial score (nSPS) is 16.0. The van der Waals surface area contributed by atoms with E-state index >= 15 is 0 Å². The summed E-state index contributed by atoms with van der Waals surface area (Å²) in [7, 11) is 3.58. The second-order valence-electron chi connectivity index (χ2n) is 10.7. The lowest BCUT2D eigenvalue weighted by Crippen LogP contribution is -2.45. The number of ether oxygens (including phenoxy) is 2. The Morgan fingerprint density at radius 2 is 1.31 bits per heavy atom. The molecule has 0 aromatic heterocycles. The number of nitrogens with zero attached hydrogens (tertiary/aromatic N) is 1. The molecule has 0 fully saturated rings. The summed E-state index contributed by atoms with van der Waals surface area (Å²) in [6.45, 7) is 5.31. The Morgan fingerprint density at radius 1 is 0.800 bits per heavy atom. The zero-order chi connectivity index (χ0) is 26.4. The number of unbranched alkanes of at least 4 members (excludes halogenated alkanes) is 12. The van der Waals surface area contributed by atoms with Crippen molar-refractivity contribution in [1.29, 1.82) is 0 Å². The largest absolute Gasteiger partial charge is 0.385 e. The van der Waals surface area contributed by atoms with E-state index in [0.717, 1.165) is 6.42 Å². The third kappa shape index (κ3) is 19.5. The Bertz CT molecular complexity index is 550. The van der Waals surface area contributed by atoms with Gasteiger partial charge in [-0.15, -0.1) is 0 Å². The summed E-state index contributed by atoms with van der Waals surface area (Å²) in [4.78, 5) is 10.4. The van der Waals surface area contributed by atoms with E-state index < -0.39 is 13.4 Å². The molecule has 0 bridgehead atoms. The van der Waals surface area contributed by atoms with Gasteiger partial charge in [-0.1, -0.05) is 83.8 Å². The summed E-state index contributed by atoms with van der Waals surface area (Å²) < 4.78 is 29.6. The maximum Gasteiger partial charge on any atom is 0.385 e. The van der Waals surface area contributed by atoms with Gasteiger partial charge in [0, 0.05) is 20.1 Å². The molecular weight excluding hydrogens is 461 g/mol. The molecule has 0 heterocycles. The van der Waals surface area contributed by atoms with Crippen LogP contribution in [0.3, 0.4) is 0 Å². The second-order valence-corrected chi connectivity index (χ2v) is 12.7. The first-order chi connectivity index (χ1) is 16.7. The lowest BCUT2D eigenvalue weighted by molar-refractivity contribution is -0.883. The van der Waals surface area contributed by atoms with Crippen LogP contribution in [0.4, 0.5) is 0 Å². The maximum atomic E-state index is 12.7. The summed E-state index contributed by atoms with van der Waals surface area (Å²) in [6.07, 6.45) is 23.0. The van der Waals surface area contributed by atoms with Crippen LogP contribution in [0.25, 0.3) is 0 Å². The molecule has 0 spiro atoms. The van der Waals surface area contributed by atoms with Crippen molar-refractivity contribution in [3.63, 3.8) is 0 Å². The molecule has 3 atom stereocenters. The van der Waals surface area contributed by atoms with Gasteiger partial charge >= 0.3 is 7.60 Å². The average Bonchev–Trinajstić information content (AvgIpc) is 2.79. The van der Waals surface area contributed by atoms with Gasteiger partial charge in [0.25, 0.3) is 0 Å². The van der Waals surface area contributed by atoms with Crippen molar-refractivity contribution in [3.05, 3.63) is 12.2 Å². The Labute approximate surface area is 217 Å². The summed E-state index contributed by atoms with van der Waals surface area (Å²) in [6, 6.07) is 0. The van der Waals surface area contributed by atoms with Crippen LogP contribution < -0.4 is 0 Å². The Hall–Kier alpha value is -0.230. The van der Waals surface area contributed by atoms with E-state index in [4.69, 9.17) is 14.0 Å². The van der Waals surface area contributed by atoms with Crippen molar-refractivity contribution in [2.45, 2.75) is 122 Å². The van der Waals surface area contributed by atoms with Gasteiger partial charge in [-0.05, 0) is 32.1 Å². The molecule has 0 aromatic carbocycles. The molecule has 0 aliphatic rings. The van der Waals surface area contributed by atoms with Crippen molar-refractivity contribution >= 4 is 7.60 Å². The zero-order valence-electron chi connectivity index (χ0n) is 24.0. The topological polar surface area (TPSA) is 65.0 Å². The lowest BCUT2D eigenvalue weighted by Gasteiger charge is -2.35. The fourth-order valence-corrected chi connectivity index (χ4v) is 6.23. The molecule has 1 N–H and O–H groups in total. The SMILES string of the molecule is CCCCCCC/C=C\CCCCCCCCCOC[C@H](COP(=O)(O)C(CC)[N+](C)(C)C)OC. The Balaban J connectivity index is 3.68. The first-order valence-corrected chi connectivity index (χ1v) is 15.9. The molecule has 0 aliphatic heterocycles. The van der Waals surface area contributed by atoms with Gasteiger partial charge in [-0.2, -0.15) is 0 Å². The standard InChI is InChI=1S/C28H58NO5P/c1-7-9-10-11-12-13-14-15-16-17-18-19-20-21-22-23-24-33-25-27(32-6)26-34-35(30,31)28(8-2)29(3,4)5/h14-15,27-28H,7-13,16-26H2,1-6H3/p+1/b15-14-/t27-,28?/m1/s1. The fraction of sp³-hybridized carbons (Fsp3) is 0.929. The first-order valence-electron chi connectivity index (χ1n) is 14.2. The number of quaternary nitrogens is 1. The van der Waals surface area contributed by atoms with Gasteiger partial charge in [-0.3, -0.25) is 4.57 Å². The van der Waals surface area contributed by atoms with E-state index in [1.54, 1.807) is 7.11 Å². The van der Waals surface area contributed by atoms with E-state index in [-0.39, 0.29) is 12.7 Å². The number of hydrogen-bond acceptors (Lipinski definition) is 4. The molecule has 210 valence electrons. The molecule has 35 heavy (non-hydrogen) atoms. The predicted octanol–water partition coefficient (Wildman–Crippen LogP) is 7.70. The minimum Gasteiger partial charge on any atom is -0.379 e. The van der Waals surface area contributed by atoms with E-state index in [2.05, 4.69) is 19.1 Å². The number of methoxy groups -OCH3 is 1. The first kappa shape index (κ1) is 34.8. The third-order valence-corrected chi connectivity index (χ3v) is 8.85. The molecule has 0 saturated carbocycles. The van der Waals surface area contributed by atoms with Crippen LogP contribution in [0.2, 0.25) is 0 Å². The Kier molecular flexibility index (Phi) is 21.7. The molecule has 6 nitrogen and oxygen atoms in total. The highest BCUT2D eigenvalue weighted by molar-refractivity contribution is 7.53. The van der Waals surface area contributed by atoms with Crippen LogP contribution in [0.15, 0.2) is 12.2 Å². The van der Waals surface area contributed by atoms with E-state index in [1.807, 2.05) is 28.1 Å². The molecule has 0 rings (SSSR count). The summed E-state index contributed by atoms with van der Waals surface area (Å²) in [5, 5.41) is 0. The Morgan fingerprint density at radius 3 is 1.80 bits per heavy atom. The number of hydrogen-bond donors (Lipinski definition) is 1. The van der Waals surface area contributed by atoms with Crippen molar-refractivity contribution in [1.82, 2.24) is 0 Å². The van der Waals surface area contributed by atoms with Crippen molar-refractivity contribution in [3.8, 4) is 0 Å². The maximum absolute atomic E-state index is 12.7. The van der Waals surface area contributed by atoms with Gasteiger partial charge in [0.2, 0.25) is 0 Å². The van der Waals surface area contributed by atoms with Gasteiger partial charge in [0.1, 0.15) is 6.10 Å². The van der Waals surface area contributed by atoms with Gasteiger partial charge in [0.05, 0.1) is 34.4 Å². The second kappa shape index (κ2) is 21.8. The van der Waals surface area contributed by atoms with Crippen molar-refractivity contribution in [2.24, 2.45) is 0 Å². The van der Waals surface area contributed by atoms with Gasteiger partial charge < -0.3 is 23.4 Å². The molecule has 0 aliphatic carbocycles. The summed E-state index contributed by atoms with van der Waals surface area (Å²) >= 11 is 0. The number of allylic oxidation sites excluding steroid dienone is 2. The molecule has 0 radical (unpaired) electrons.